The second-order valence-electron chi connectivity index (χ2n) is 11.7. The summed E-state index contributed by atoms with van der Waals surface area (Å²) in [5.41, 5.74) is 1.89. The molecule has 0 aromatic heterocycles. The Morgan fingerprint density at radius 3 is 2.05 bits per heavy atom. The molecule has 2 atom stereocenters. The van der Waals surface area contributed by atoms with Gasteiger partial charge in [0.25, 0.3) is 0 Å². The summed E-state index contributed by atoms with van der Waals surface area (Å²) < 4.78 is 20.3. The van der Waals surface area contributed by atoms with Crippen molar-refractivity contribution in [2.24, 2.45) is 0 Å². The van der Waals surface area contributed by atoms with Gasteiger partial charge in [-0.1, -0.05) is 0 Å². The molecule has 3 saturated heterocycles. The van der Waals surface area contributed by atoms with Crippen LogP contribution in [0.4, 0.5) is 0 Å². The second kappa shape index (κ2) is 13.2. The number of benzene rings is 1. The lowest BCUT2D eigenvalue weighted by molar-refractivity contribution is -0.130. The van der Waals surface area contributed by atoms with E-state index in [1.54, 1.807) is 11.4 Å². The Morgan fingerprint density at radius 1 is 0.921 bits per heavy atom. The third kappa shape index (κ3) is 6.97. The highest BCUT2D eigenvalue weighted by atomic mass is 32.2. The van der Waals surface area contributed by atoms with E-state index >= 15 is 0 Å². The highest BCUT2D eigenvalue weighted by Gasteiger charge is 2.34. The number of carbonyl (C=O) groups excluding carboxylic acids is 1. The maximum absolute atomic E-state index is 13.2. The van der Waals surface area contributed by atoms with E-state index in [4.69, 9.17) is 4.74 Å². The first-order chi connectivity index (χ1) is 18.2. The Bertz CT molecular complexity index is 950. The van der Waals surface area contributed by atoms with Gasteiger partial charge >= 0.3 is 0 Å². The molecule has 3 aliphatic rings. The number of amides is 1. The van der Waals surface area contributed by atoms with Crippen molar-refractivity contribution in [2.45, 2.75) is 75.4 Å². The Morgan fingerprint density at radius 2 is 1.47 bits per heavy atom. The fourth-order valence-electron chi connectivity index (χ4n) is 6.60. The van der Waals surface area contributed by atoms with Gasteiger partial charge in [-0.3, -0.25) is 9.69 Å². The summed E-state index contributed by atoms with van der Waals surface area (Å²) in [7, 11) is 6.59. The molecule has 3 heterocycles. The smallest absolute Gasteiger partial charge is 0.223 e. The van der Waals surface area contributed by atoms with Crippen molar-refractivity contribution in [1.29, 1.82) is 0 Å². The van der Waals surface area contributed by atoms with Crippen LogP contribution >= 0.6 is 0 Å². The van der Waals surface area contributed by atoms with Crippen LogP contribution in [0.15, 0.2) is 17.0 Å². The molecule has 3 fully saturated rings. The summed E-state index contributed by atoms with van der Waals surface area (Å²) in [4.78, 5) is 23.6. The predicted octanol–water partition coefficient (Wildman–Crippen LogP) is 2.75. The maximum atomic E-state index is 13.2. The number of aryl methyl sites for hydroxylation is 2. The van der Waals surface area contributed by atoms with Crippen LogP contribution in [0.1, 0.15) is 49.7 Å². The maximum Gasteiger partial charge on any atom is 0.223 e. The van der Waals surface area contributed by atoms with E-state index in [9.17, 15) is 9.00 Å². The monoisotopic (exact) mass is 547 g/mol. The van der Waals surface area contributed by atoms with Crippen molar-refractivity contribution in [3.63, 3.8) is 0 Å². The van der Waals surface area contributed by atoms with Crippen LogP contribution in [-0.2, 0) is 15.8 Å². The first-order valence-corrected chi connectivity index (χ1v) is 15.5. The fraction of sp³-hybridized carbons (Fsp3) is 0.759. The molecular formula is C29H49N5O3S. The Balaban J connectivity index is 1.20. The molecule has 0 saturated carbocycles. The minimum atomic E-state index is -1.31. The number of methoxy groups -OCH3 is 1. The molecule has 0 spiro atoms. The zero-order chi connectivity index (χ0) is 27.4. The molecule has 9 heteroatoms. The summed E-state index contributed by atoms with van der Waals surface area (Å²) in [6.07, 6.45) is 6.53. The quantitative estimate of drug-likeness (QED) is 0.474. The number of ether oxygens (including phenoxy) is 1. The normalized spacial score (nSPS) is 23.5. The average Bonchev–Trinajstić information content (AvgIpc) is 3.41. The van der Waals surface area contributed by atoms with Crippen molar-refractivity contribution < 1.29 is 13.7 Å². The van der Waals surface area contributed by atoms with Crippen LogP contribution in [0.2, 0.25) is 0 Å². The Hall–Kier alpha value is -1.52. The lowest BCUT2D eigenvalue weighted by atomic mass is 9.96. The molecule has 38 heavy (non-hydrogen) atoms. The summed E-state index contributed by atoms with van der Waals surface area (Å²) in [5.74, 6) is 0.953. The molecule has 1 aromatic rings. The van der Waals surface area contributed by atoms with Crippen LogP contribution in [0.3, 0.4) is 0 Å². The SMILES string of the molecule is COc1cc(C)c(S(=O)N(C)CCC(=O)N2CCC(N3CCC(N4CCC(N(C)C)CC4)CC3)C2)c(C)c1. The van der Waals surface area contributed by atoms with Gasteiger partial charge in [-0.25, -0.2) is 8.51 Å². The summed E-state index contributed by atoms with van der Waals surface area (Å²) in [6.45, 7) is 10.8. The number of carbonyl (C=O) groups is 1. The van der Waals surface area contributed by atoms with E-state index in [2.05, 4.69) is 28.8 Å². The van der Waals surface area contributed by atoms with Gasteiger partial charge in [0, 0.05) is 51.2 Å². The molecule has 0 aliphatic carbocycles. The molecule has 1 amide bonds. The van der Waals surface area contributed by atoms with Gasteiger partial charge in [0.2, 0.25) is 5.91 Å². The van der Waals surface area contributed by atoms with Crippen molar-refractivity contribution in [2.75, 3.05) is 74.1 Å². The number of rotatable bonds is 9. The number of nitrogens with zero attached hydrogens (tertiary/aromatic N) is 5. The van der Waals surface area contributed by atoms with Gasteiger partial charge in [-0.05, 0) is 109 Å². The van der Waals surface area contributed by atoms with Crippen LogP contribution < -0.4 is 4.74 Å². The highest BCUT2D eigenvalue weighted by Crippen LogP contribution is 2.27. The lowest BCUT2D eigenvalue weighted by Crippen LogP contribution is -2.52. The second-order valence-corrected chi connectivity index (χ2v) is 13.3. The van der Waals surface area contributed by atoms with Gasteiger partial charge in [0.05, 0.1) is 12.0 Å². The lowest BCUT2D eigenvalue weighted by Gasteiger charge is -2.44. The Kier molecular flexibility index (Phi) is 10.3. The molecule has 3 aliphatic heterocycles. The molecule has 8 nitrogen and oxygen atoms in total. The van der Waals surface area contributed by atoms with Gasteiger partial charge in [0.15, 0.2) is 0 Å². The number of hydrogen-bond acceptors (Lipinski definition) is 6. The summed E-state index contributed by atoms with van der Waals surface area (Å²) >= 11 is 0. The molecule has 0 N–H and O–H groups in total. The zero-order valence-corrected chi connectivity index (χ0v) is 25.3. The summed E-state index contributed by atoms with van der Waals surface area (Å²) in [5, 5.41) is 0. The predicted molar refractivity (Wildman–Crippen MR) is 154 cm³/mol. The van der Waals surface area contributed by atoms with Gasteiger partial charge in [-0.2, -0.15) is 0 Å². The van der Waals surface area contributed by atoms with E-state index in [0.29, 0.717) is 19.0 Å². The number of likely N-dealkylation sites (tertiary alicyclic amines) is 3. The van der Waals surface area contributed by atoms with Crippen LogP contribution in [-0.4, -0.2) is 126 Å². The molecule has 1 aromatic carbocycles. The molecule has 0 radical (unpaired) electrons. The van der Waals surface area contributed by atoms with Crippen molar-refractivity contribution in [3.05, 3.63) is 23.3 Å². The van der Waals surface area contributed by atoms with E-state index in [1.807, 2.05) is 37.9 Å². The molecule has 4 rings (SSSR count). The molecule has 214 valence electrons. The molecule has 2 unspecified atom stereocenters. The van der Waals surface area contributed by atoms with Gasteiger partial charge < -0.3 is 19.4 Å². The third-order valence-corrected chi connectivity index (χ3v) is 10.8. The number of hydrogen-bond donors (Lipinski definition) is 0. The largest absolute Gasteiger partial charge is 0.497 e. The first-order valence-electron chi connectivity index (χ1n) is 14.4. The van der Waals surface area contributed by atoms with Crippen molar-refractivity contribution in [1.82, 2.24) is 23.9 Å². The zero-order valence-electron chi connectivity index (χ0n) is 24.4. The van der Waals surface area contributed by atoms with E-state index in [0.717, 1.165) is 66.5 Å². The average molecular weight is 548 g/mol. The first kappa shape index (κ1) is 29.5. The fourth-order valence-corrected chi connectivity index (χ4v) is 7.84. The highest BCUT2D eigenvalue weighted by molar-refractivity contribution is 7.82. The summed E-state index contributed by atoms with van der Waals surface area (Å²) in [6, 6.07) is 5.78. The number of piperidine rings is 2. The van der Waals surface area contributed by atoms with Crippen LogP contribution in [0.25, 0.3) is 0 Å². The van der Waals surface area contributed by atoms with Crippen LogP contribution in [0, 0.1) is 13.8 Å². The minimum absolute atomic E-state index is 0.179. The van der Waals surface area contributed by atoms with E-state index in [-0.39, 0.29) is 5.91 Å². The van der Waals surface area contributed by atoms with Crippen molar-refractivity contribution in [3.8, 4) is 5.75 Å². The van der Waals surface area contributed by atoms with Crippen LogP contribution in [0.5, 0.6) is 5.75 Å². The Labute approximate surface area is 232 Å². The molecule has 0 bridgehead atoms. The minimum Gasteiger partial charge on any atom is -0.497 e. The topological polar surface area (TPSA) is 59.6 Å². The van der Waals surface area contributed by atoms with E-state index < -0.39 is 11.0 Å². The van der Waals surface area contributed by atoms with Crippen molar-refractivity contribution >= 4 is 16.9 Å². The standard InChI is InChI=1S/C29H49N5O3S/c1-22-19-27(37-6)20-23(2)29(22)38(36)31(5)13-12-28(35)34-18-11-26(21-34)33-16-9-25(10-17-33)32-14-7-24(8-15-32)30(3)4/h19-20,24-26H,7-18,21H2,1-6H3. The molecular weight excluding hydrogens is 498 g/mol. The third-order valence-electron chi connectivity index (χ3n) is 9.05. The van der Waals surface area contributed by atoms with E-state index in [1.165, 1.54) is 38.8 Å². The van der Waals surface area contributed by atoms with Gasteiger partial charge in [0.1, 0.15) is 16.7 Å². The van der Waals surface area contributed by atoms with Gasteiger partial charge in [-0.15, -0.1) is 0 Å².